The van der Waals surface area contributed by atoms with Gasteiger partial charge in [-0.25, -0.2) is 5.43 Å². The highest BCUT2D eigenvalue weighted by atomic mass is 35.5. The molecule has 2 aromatic rings. The van der Waals surface area contributed by atoms with Crippen LogP contribution >= 0.6 is 11.6 Å². The van der Waals surface area contributed by atoms with Crippen molar-refractivity contribution in [2.24, 2.45) is 5.10 Å². The Balaban J connectivity index is 1.70. The van der Waals surface area contributed by atoms with Crippen LogP contribution in [0, 0.1) is 0 Å². The van der Waals surface area contributed by atoms with E-state index < -0.39 is 0 Å². The van der Waals surface area contributed by atoms with E-state index >= 15 is 0 Å². The number of hydrazone groups is 1. The van der Waals surface area contributed by atoms with Gasteiger partial charge in [-0.2, -0.15) is 5.10 Å². The maximum Gasteiger partial charge on any atom is 0.277 e. The Morgan fingerprint density at radius 2 is 1.97 bits per heavy atom. The second-order valence-electron chi connectivity index (χ2n) is 8.26. The van der Waals surface area contributed by atoms with Crippen molar-refractivity contribution in [2.75, 3.05) is 25.2 Å². The quantitative estimate of drug-likeness (QED) is 0.434. The molecule has 0 aliphatic carbocycles. The van der Waals surface area contributed by atoms with Gasteiger partial charge >= 0.3 is 0 Å². The molecule has 0 radical (unpaired) electrons. The molecule has 0 aromatic heterocycles. The number of hydrogen-bond acceptors (Lipinski definition) is 5. The lowest BCUT2D eigenvalue weighted by atomic mass is 9.88. The number of ether oxygens (including phenoxy) is 2. The van der Waals surface area contributed by atoms with Crippen LogP contribution in [-0.4, -0.2) is 37.9 Å². The third kappa shape index (κ3) is 5.25. The van der Waals surface area contributed by atoms with Crippen molar-refractivity contribution in [3.05, 3.63) is 58.6 Å². The topological polar surface area (TPSA) is 63.2 Å². The zero-order valence-corrected chi connectivity index (χ0v) is 20.0. The highest BCUT2D eigenvalue weighted by Crippen LogP contribution is 2.41. The summed E-state index contributed by atoms with van der Waals surface area (Å²) in [6.07, 6.45) is 4.87. The van der Waals surface area contributed by atoms with Gasteiger partial charge in [0.15, 0.2) is 18.1 Å². The van der Waals surface area contributed by atoms with Crippen LogP contribution in [0.3, 0.4) is 0 Å². The van der Waals surface area contributed by atoms with E-state index in [1.165, 1.54) is 5.57 Å². The van der Waals surface area contributed by atoms with Gasteiger partial charge in [-0.05, 0) is 57.0 Å². The monoisotopic (exact) mass is 455 g/mol. The van der Waals surface area contributed by atoms with Gasteiger partial charge in [0.25, 0.3) is 5.91 Å². The zero-order chi connectivity index (χ0) is 23.3. The Morgan fingerprint density at radius 1 is 1.25 bits per heavy atom. The smallest absolute Gasteiger partial charge is 0.277 e. The number of nitrogens with zero attached hydrogens (tertiary/aromatic N) is 2. The van der Waals surface area contributed by atoms with Crippen LogP contribution in [0.5, 0.6) is 11.5 Å². The average Bonchev–Trinajstić information content (AvgIpc) is 2.75. The van der Waals surface area contributed by atoms with E-state index in [-0.39, 0.29) is 18.1 Å². The number of amides is 1. The Morgan fingerprint density at radius 3 is 2.66 bits per heavy atom. The number of carbonyl (C=O) groups excluding carboxylic acids is 1. The summed E-state index contributed by atoms with van der Waals surface area (Å²) >= 11 is 6.57. The largest absolute Gasteiger partial charge is 0.493 e. The van der Waals surface area contributed by atoms with Crippen molar-refractivity contribution in [3.8, 4) is 11.5 Å². The van der Waals surface area contributed by atoms with E-state index in [9.17, 15) is 4.79 Å². The number of allylic oxidation sites excluding steroid dienone is 1. The molecule has 0 atom stereocenters. The van der Waals surface area contributed by atoms with E-state index in [1.54, 1.807) is 25.5 Å². The zero-order valence-electron chi connectivity index (χ0n) is 19.2. The first kappa shape index (κ1) is 23.7. The molecule has 0 bridgehead atoms. The van der Waals surface area contributed by atoms with Gasteiger partial charge in [0.1, 0.15) is 0 Å². The maximum absolute atomic E-state index is 12.1. The van der Waals surface area contributed by atoms with Gasteiger partial charge in [-0.15, -0.1) is 0 Å². The summed E-state index contributed by atoms with van der Waals surface area (Å²) in [6.45, 7) is 9.45. The molecule has 0 fully saturated rings. The first-order valence-electron chi connectivity index (χ1n) is 10.7. The maximum atomic E-state index is 12.1. The van der Waals surface area contributed by atoms with Crippen molar-refractivity contribution in [2.45, 2.75) is 39.7 Å². The van der Waals surface area contributed by atoms with Crippen molar-refractivity contribution in [1.82, 2.24) is 5.43 Å². The second-order valence-corrected chi connectivity index (χ2v) is 8.66. The Bertz CT molecular complexity index is 1050. The predicted octanol–water partition coefficient (Wildman–Crippen LogP) is 5.29. The van der Waals surface area contributed by atoms with E-state index in [0.717, 1.165) is 29.8 Å². The lowest BCUT2D eigenvalue weighted by Gasteiger charge is -2.43. The number of rotatable bonds is 8. The van der Waals surface area contributed by atoms with Crippen LogP contribution in [0.1, 0.15) is 45.2 Å². The molecule has 2 aromatic carbocycles. The summed E-state index contributed by atoms with van der Waals surface area (Å²) in [7, 11) is 1.55. The van der Waals surface area contributed by atoms with Crippen LogP contribution < -0.4 is 19.8 Å². The summed E-state index contributed by atoms with van der Waals surface area (Å²) < 4.78 is 10.7. The number of halogens is 1. The Hall–Kier alpha value is -2.99. The minimum absolute atomic E-state index is 0.0819. The molecular formula is C25H30ClN3O3. The van der Waals surface area contributed by atoms with Crippen LogP contribution in [0.25, 0.3) is 5.57 Å². The van der Waals surface area contributed by atoms with Gasteiger partial charge in [-0.1, -0.05) is 36.7 Å². The second kappa shape index (κ2) is 10.1. The highest BCUT2D eigenvalue weighted by Gasteiger charge is 2.31. The number of benzene rings is 2. The van der Waals surface area contributed by atoms with Gasteiger partial charge < -0.3 is 14.4 Å². The molecule has 0 spiro atoms. The van der Waals surface area contributed by atoms with E-state index in [0.29, 0.717) is 16.5 Å². The molecule has 3 rings (SSSR count). The first-order chi connectivity index (χ1) is 15.3. The molecule has 1 N–H and O–H groups in total. The Labute approximate surface area is 194 Å². The molecule has 32 heavy (non-hydrogen) atoms. The first-order valence-corrected chi connectivity index (χ1v) is 11.0. The van der Waals surface area contributed by atoms with E-state index in [2.05, 4.69) is 49.2 Å². The SMILES string of the molecule is CCCN1c2cc(Cl)c(/C=N/NC(=O)COc3ccccc3OC)cc2C(C)=CC1(C)C. The number of nitrogens with one attached hydrogen (secondary N) is 1. The van der Waals surface area contributed by atoms with E-state index in [4.69, 9.17) is 21.1 Å². The minimum atomic E-state index is -0.381. The van der Waals surface area contributed by atoms with Crippen LogP contribution in [0.2, 0.25) is 5.02 Å². The third-order valence-electron chi connectivity index (χ3n) is 5.36. The molecule has 170 valence electrons. The van der Waals surface area contributed by atoms with Crippen LogP contribution in [-0.2, 0) is 4.79 Å². The van der Waals surface area contributed by atoms with E-state index in [1.807, 2.05) is 24.3 Å². The number of methoxy groups -OCH3 is 1. The number of para-hydroxylation sites is 2. The normalized spacial score (nSPS) is 14.7. The summed E-state index contributed by atoms with van der Waals surface area (Å²) in [4.78, 5) is 14.5. The molecule has 7 heteroatoms. The summed E-state index contributed by atoms with van der Waals surface area (Å²) in [5, 5.41) is 4.64. The van der Waals surface area contributed by atoms with Crippen molar-refractivity contribution < 1.29 is 14.3 Å². The number of carbonyl (C=O) groups is 1. The molecule has 0 saturated carbocycles. The molecule has 6 nitrogen and oxygen atoms in total. The Kier molecular flexibility index (Phi) is 7.46. The highest BCUT2D eigenvalue weighted by molar-refractivity contribution is 6.33. The summed E-state index contributed by atoms with van der Waals surface area (Å²) in [5.74, 6) is 0.676. The lowest BCUT2D eigenvalue weighted by molar-refractivity contribution is -0.123. The van der Waals surface area contributed by atoms with Crippen molar-refractivity contribution >= 4 is 35.0 Å². The molecule has 0 saturated heterocycles. The third-order valence-corrected chi connectivity index (χ3v) is 5.69. The summed E-state index contributed by atoms with van der Waals surface area (Å²) in [5.41, 5.74) is 6.57. The number of fused-ring (bicyclic) bond motifs is 1. The predicted molar refractivity (Wildman–Crippen MR) is 131 cm³/mol. The summed E-state index contributed by atoms with van der Waals surface area (Å²) in [6, 6.07) is 11.1. The van der Waals surface area contributed by atoms with Gasteiger partial charge in [0.2, 0.25) is 0 Å². The lowest BCUT2D eigenvalue weighted by Crippen LogP contribution is -2.45. The van der Waals surface area contributed by atoms with Crippen LogP contribution in [0.15, 0.2) is 47.6 Å². The molecule has 0 unspecified atom stereocenters. The molecule has 1 aliphatic heterocycles. The molecule has 1 heterocycles. The molecule has 1 aliphatic rings. The fourth-order valence-electron chi connectivity index (χ4n) is 3.93. The van der Waals surface area contributed by atoms with Gasteiger partial charge in [0, 0.05) is 23.4 Å². The van der Waals surface area contributed by atoms with Crippen molar-refractivity contribution in [1.29, 1.82) is 0 Å². The van der Waals surface area contributed by atoms with Gasteiger partial charge in [-0.3, -0.25) is 4.79 Å². The molecular weight excluding hydrogens is 426 g/mol. The van der Waals surface area contributed by atoms with Crippen LogP contribution in [0.4, 0.5) is 5.69 Å². The number of hydrogen-bond donors (Lipinski definition) is 1. The fourth-order valence-corrected chi connectivity index (χ4v) is 4.14. The van der Waals surface area contributed by atoms with Gasteiger partial charge in [0.05, 0.1) is 23.9 Å². The average molecular weight is 456 g/mol. The molecule has 1 amide bonds. The van der Waals surface area contributed by atoms with Crippen molar-refractivity contribution in [3.63, 3.8) is 0 Å². The number of anilines is 1. The standard InChI is InChI=1S/C25H30ClN3O3/c1-6-11-29-21-13-20(26)18(12-19(21)17(2)14-25(29,3)4)15-27-28-24(30)16-32-23-10-8-7-9-22(23)31-5/h7-10,12-15H,6,11,16H2,1-5H3,(H,28,30)/b27-15+. The fraction of sp³-hybridized carbons (Fsp3) is 0.360. The minimum Gasteiger partial charge on any atom is -0.493 e.